The summed E-state index contributed by atoms with van der Waals surface area (Å²) >= 11 is 0. The van der Waals surface area contributed by atoms with Gasteiger partial charge < -0.3 is 0 Å². The molecule has 0 saturated heterocycles. The molecule has 3 heterocycles. The van der Waals surface area contributed by atoms with Crippen molar-refractivity contribution >= 4 is 43.7 Å². The molecule has 0 aliphatic carbocycles. The van der Waals surface area contributed by atoms with Crippen LogP contribution in [-0.2, 0) is 0 Å². The van der Waals surface area contributed by atoms with Gasteiger partial charge in [-0.2, -0.15) is 0 Å². The van der Waals surface area contributed by atoms with Gasteiger partial charge in [0.1, 0.15) is 0 Å². The van der Waals surface area contributed by atoms with E-state index < -0.39 is 0 Å². The molecule has 0 N–H and O–H groups in total. The standard InChI is InChI=1S/C18H10N4/c1-2-6-15-14(5-1)21-17-11-7-9-19-10-13(11)16-12(18(17)22-15)4-3-8-20-16/h1-10H. The number of benzene rings is 2. The summed E-state index contributed by atoms with van der Waals surface area (Å²) < 4.78 is 0. The Morgan fingerprint density at radius 1 is 0.591 bits per heavy atom. The lowest BCUT2D eigenvalue weighted by Gasteiger charge is -2.08. The third kappa shape index (κ3) is 1.46. The zero-order valence-electron chi connectivity index (χ0n) is 11.6. The molecule has 0 saturated carbocycles. The predicted octanol–water partition coefficient (Wildman–Crippen LogP) is 3.88. The van der Waals surface area contributed by atoms with Gasteiger partial charge in [-0.25, -0.2) is 9.97 Å². The number of pyridine rings is 2. The average molecular weight is 282 g/mol. The van der Waals surface area contributed by atoms with Crippen LogP contribution in [0.2, 0.25) is 0 Å². The fraction of sp³-hybridized carbons (Fsp3) is 0. The van der Waals surface area contributed by atoms with E-state index >= 15 is 0 Å². The van der Waals surface area contributed by atoms with Crippen molar-refractivity contribution in [2.75, 3.05) is 0 Å². The van der Waals surface area contributed by atoms with Crippen molar-refractivity contribution in [3.8, 4) is 0 Å². The lowest BCUT2D eigenvalue weighted by molar-refractivity contribution is 1.35. The minimum atomic E-state index is 0.889. The number of hydrogen-bond donors (Lipinski definition) is 0. The fourth-order valence-corrected chi connectivity index (χ4v) is 2.98. The van der Waals surface area contributed by atoms with Gasteiger partial charge in [0.15, 0.2) is 0 Å². The van der Waals surface area contributed by atoms with Crippen LogP contribution in [0.4, 0.5) is 0 Å². The molecule has 0 amide bonds. The molecule has 0 spiro atoms. The van der Waals surface area contributed by atoms with Crippen LogP contribution in [0.15, 0.2) is 61.1 Å². The smallest absolute Gasteiger partial charge is 0.0995 e. The molecule has 0 unspecified atom stereocenters. The largest absolute Gasteiger partial charge is 0.264 e. The Kier molecular flexibility index (Phi) is 2.19. The van der Waals surface area contributed by atoms with E-state index in [4.69, 9.17) is 9.97 Å². The summed E-state index contributed by atoms with van der Waals surface area (Å²) in [6.45, 7) is 0. The molecule has 4 heteroatoms. The summed E-state index contributed by atoms with van der Waals surface area (Å²) in [6, 6.07) is 13.9. The first kappa shape index (κ1) is 11.5. The molecular formula is C18H10N4. The van der Waals surface area contributed by atoms with Crippen LogP contribution in [0.25, 0.3) is 43.7 Å². The number of hydrogen-bond acceptors (Lipinski definition) is 4. The normalized spacial score (nSPS) is 11.6. The van der Waals surface area contributed by atoms with Crippen LogP contribution in [0.5, 0.6) is 0 Å². The van der Waals surface area contributed by atoms with Gasteiger partial charge in [0, 0.05) is 34.7 Å². The van der Waals surface area contributed by atoms with Crippen LogP contribution in [-0.4, -0.2) is 19.9 Å². The molecule has 2 aromatic carbocycles. The monoisotopic (exact) mass is 282 g/mol. The Morgan fingerprint density at radius 2 is 1.36 bits per heavy atom. The number of fused-ring (bicyclic) bond motifs is 7. The Morgan fingerprint density at radius 3 is 2.18 bits per heavy atom. The molecule has 5 rings (SSSR count). The maximum atomic E-state index is 4.84. The molecular weight excluding hydrogens is 272 g/mol. The van der Waals surface area contributed by atoms with Crippen LogP contribution in [0, 0.1) is 0 Å². The van der Waals surface area contributed by atoms with E-state index in [1.165, 1.54) is 0 Å². The minimum Gasteiger partial charge on any atom is -0.264 e. The lowest BCUT2D eigenvalue weighted by Crippen LogP contribution is -1.92. The summed E-state index contributed by atoms with van der Waals surface area (Å²) in [7, 11) is 0. The summed E-state index contributed by atoms with van der Waals surface area (Å²) in [4.78, 5) is 18.4. The number of para-hydroxylation sites is 2. The van der Waals surface area contributed by atoms with E-state index in [2.05, 4.69) is 9.97 Å². The molecule has 4 nitrogen and oxygen atoms in total. The molecule has 102 valence electrons. The van der Waals surface area contributed by atoms with Crippen LogP contribution in [0.1, 0.15) is 0 Å². The number of rotatable bonds is 0. The molecule has 5 aromatic rings. The van der Waals surface area contributed by atoms with E-state index in [0.29, 0.717) is 0 Å². The molecule has 0 atom stereocenters. The SMILES string of the molecule is c1ccc2nc3c4cccnc4c4cnccc4c3nc2c1. The van der Waals surface area contributed by atoms with Crippen molar-refractivity contribution in [2.45, 2.75) is 0 Å². The zero-order chi connectivity index (χ0) is 14.5. The van der Waals surface area contributed by atoms with Crippen molar-refractivity contribution in [3.63, 3.8) is 0 Å². The second-order valence-electron chi connectivity index (χ2n) is 5.23. The van der Waals surface area contributed by atoms with E-state index in [1.807, 2.05) is 48.7 Å². The highest BCUT2D eigenvalue weighted by Crippen LogP contribution is 2.32. The summed E-state index contributed by atoms with van der Waals surface area (Å²) in [5, 5.41) is 3.06. The quantitative estimate of drug-likeness (QED) is 0.319. The Hall–Kier alpha value is -3.14. The lowest BCUT2D eigenvalue weighted by atomic mass is 10.0. The molecule has 3 aromatic heterocycles. The number of nitrogens with zero attached hydrogens (tertiary/aromatic N) is 4. The third-order valence-corrected chi connectivity index (χ3v) is 3.96. The average Bonchev–Trinajstić information content (AvgIpc) is 2.61. The minimum absolute atomic E-state index is 0.889. The van der Waals surface area contributed by atoms with E-state index in [1.54, 1.807) is 12.4 Å². The first-order valence-corrected chi connectivity index (χ1v) is 7.09. The van der Waals surface area contributed by atoms with Crippen LogP contribution < -0.4 is 0 Å². The van der Waals surface area contributed by atoms with Crippen molar-refractivity contribution < 1.29 is 0 Å². The Labute approximate surface area is 125 Å². The molecule has 0 aliphatic heterocycles. The number of aromatic nitrogens is 4. The van der Waals surface area contributed by atoms with Gasteiger partial charge in [-0.15, -0.1) is 0 Å². The Bertz CT molecular complexity index is 1090. The summed E-state index contributed by atoms with van der Waals surface area (Å²) in [5.74, 6) is 0. The molecule has 0 radical (unpaired) electrons. The fourth-order valence-electron chi connectivity index (χ4n) is 2.98. The maximum absolute atomic E-state index is 4.84. The van der Waals surface area contributed by atoms with Gasteiger partial charge in [-0.1, -0.05) is 12.1 Å². The third-order valence-electron chi connectivity index (χ3n) is 3.96. The molecule has 0 fully saturated rings. The Balaban J connectivity index is 2.17. The van der Waals surface area contributed by atoms with Gasteiger partial charge in [-0.05, 0) is 30.3 Å². The van der Waals surface area contributed by atoms with Crippen molar-refractivity contribution in [2.24, 2.45) is 0 Å². The van der Waals surface area contributed by atoms with Gasteiger partial charge in [-0.3, -0.25) is 9.97 Å². The van der Waals surface area contributed by atoms with Crippen molar-refractivity contribution in [1.29, 1.82) is 0 Å². The highest BCUT2D eigenvalue weighted by molar-refractivity contribution is 6.22. The maximum Gasteiger partial charge on any atom is 0.0995 e. The molecule has 0 bridgehead atoms. The first-order chi connectivity index (χ1) is 10.9. The van der Waals surface area contributed by atoms with E-state index in [9.17, 15) is 0 Å². The molecule has 0 aliphatic rings. The highest BCUT2D eigenvalue weighted by Gasteiger charge is 2.12. The zero-order valence-corrected chi connectivity index (χ0v) is 11.6. The van der Waals surface area contributed by atoms with Crippen LogP contribution in [0.3, 0.4) is 0 Å². The second-order valence-corrected chi connectivity index (χ2v) is 5.23. The highest BCUT2D eigenvalue weighted by atomic mass is 14.8. The summed E-state index contributed by atoms with van der Waals surface area (Å²) in [5.41, 5.74) is 4.50. The van der Waals surface area contributed by atoms with E-state index in [0.717, 1.165) is 43.7 Å². The van der Waals surface area contributed by atoms with Crippen molar-refractivity contribution in [3.05, 3.63) is 61.1 Å². The van der Waals surface area contributed by atoms with Gasteiger partial charge in [0.2, 0.25) is 0 Å². The predicted molar refractivity (Wildman–Crippen MR) is 87.6 cm³/mol. The second kappa shape index (κ2) is 4.18. The van der Waals surface area contributed by atoms with Gasteiger partial charge >= 0.3 is 0 Å². The molecule has 22 heavy (non-hydrogen) atoms. The van der Waals surface area contributed by atoms with Crippen molar-refractivity contribution in [1.82, 2.24) is 19.9 Å². The van der Waals surface area contributed by atoms with Gasteiger partial charge in [0.05, 0.1) is 27.6 Å². The first-order valence-electron chi connectivity index (χ1n) is 7.09. The summed E-state index contributed by atoms with van der Waals surface area (Å²) in [6.07, 6.45) is 5.43. The topological polar surface area (TPSA) is 51.6 Å². The van der Waals surface area contributed by atoms with Crippen LogP contribution >= 0.6 is 0 Å². The van der Waals surface area contributed by atoms with E-state index in [-0.39, 0.29) is 0 Å². The van der Waals surface area contributed by atoms with Gasteiger partial charge in [0.25, 0.3) is 0 Å².